The average Bonchev–Trinajstić information content (AvgIpc) is 2.70. The van der Waals surface area contributed by atoms with E-state index < -0.39 is 11.6 Å². The first-order chi connectivity index (χ1) is 13.9. The Kier molecular flexibility index (Phi) is 8.03. The van der Waals surface area contributed by atoms with Crippen LogP contribution in [0.3, 0.4) is 0 Å². The monoisotopic (exact) mass is 401 g/mol. The molecule has 154 valence electrons. The van der Waals surface area contributed by atoms with E-state index >= 15 is 0 Å². The van der Waals surface area contributed by atoms with Crippen molar-refractivity contribution in [3.8, 4) is 5.75 Å². The second-order valence-corrected chi connectivity index (χ2v) is 6.49. The number of carbonyl (C=O) groups is 1. The van der Waals surface area contributed by atoms with E-state index in [1.165, 1.54) is 24.5 Å². The molecule has 0 unspecified atom stereocenters. The van der Waals surface area contributed by atoms with Gasteiger partial charge >= 0.3 is 0 Å². The van der Waals surface area contributed by atoms with Crippen LogP contribution in [0, 0.1) is 18.6 Å². The number of hydrogen-bond donors (Lipinski definition) is 2. The van der Waals surface area contributed by atoms with Gasteiger partial charge in [-0.15, -0.1) is 0 Å². The number of aldehydes is 1. The van der Waals surface area contributed by atoms with Crippen molar-refractivity contribution in [2.24, 2.45) is 10.7 Å². The Morgan fingerprint density at radius 2 is 1.93 bits per heavy atom. The molecule has 0 aliphatic carbocycles. The van der Waals surface area contributed by atoms with Gasteiger partial charge in [0.1, 0.15) is 24.0 Å². The Morgan fingerprint density at radius 1 is 1.24 bits per heavy atom. The summed E-state index contributed by atoms with van der Waals surface area (Å²) in [7, 11) is 3.35. The number of carbonyl (C=O) groups excluding carboxylic acids is 1. The first-order valence-electron chi connectivity index (χ1n) is 9.13. The first kappa shape index (κ1) is 22.2. The van der Waals surface area contributed by atoms with Crippen LogP contribution in [0.5, 0.6) is 5.75 Å². The van der Waals surface area contributed by atoms with Crippen LogP contribution in [0.25, 0.3) is 5.57 Å². The van der Waals surface area contributed by atoms with Crippen molar-refractivity contribution in [2.75, 3.05) is 27.2 Å². The van der Waals surface area contributed by atoms with Gasteiger partial charge in [0.2, 0.25) is 0 Å². The van der Waals surface area contributed by atoms with Gasteiger partial charge in [-0.1, -0.05) is 0 Å². The third kappa shape index (κ3) is 5.48. The number of likely N-dealkylation sites (N-methyl/N-ethyl adjacent to an activating group) is 1. The normalized spacial score (nSPS) is 11.8. The minimum absolute atomic E-state index is 0.00492. The Labute approximate surface area is 169 Å². The van der Waals surface area contributed by atoms with Crippen LogP contribution >= 0.6 is 0 Å². The van der Waals surface area contributed by atoms with Crippen LogP contribution in [0.15, 0.2) is 35.5 Å². The van der Waals surface area contributed by atoms with E-state index in [0.717, 1.165) is 5.56 Å². The van der Waals surface area contributed by atoms with Crippen molar-refractivity contribution in [1.29, 1.82) is 0 Å². The average molecular weight is 401 g/mol. The SMILES string of the molecule is CN=C/C(=C\N)c1cc(F)c(Cc2cc(C=O)c(OCCNC)cc2C)c(F)c1. The molecule has 0 radical (unpaired) electrons. The third-order valence-electron chi connectivity index (χ3n) is 4.49. The maximum Gasteiger partial charge on any atom is 0.153 e. The molecule has 29 heavy (non-hydrogen) atoms. The number of aryl methyl sites for hydroxylation is 1. The summed E-state index contributed by atoms with van der Waals surface area (Å²) in [5, 5.41) is 2.95. The zero-order chi connectivity index (χ0) is 21.4. The molecule has 2 aromatic rings. The first-order valence-corrected chi connectivity index (χ1v) is 9.13. The highest BCUT2D eigenvalue weighted by atomic mass is 19.1. The molecule has 7 heteroatoms. The van der Waals surface area contributed by atoms with Crippen LogP contribution in [0.2, 0.25) is 0 Å². The molecule has 0 aliphatic rings. The zero-order valence-corrected chi connectivity index (χ0v) is 16.8. The van der Waals surface area contributed by atoms with E-state index in [9.17, 15) is 13.6 Å². The van der Waals surface area contributed by atoms with E-state index in [2.05, 4.69) is 10.3 Å². The van der Waals surface area contributed by atoms with E-state index in [1.807, 2.05) is 6.92 Å². The fraction of sp³-hybridized carbons (Fsp3) is 0.273. The molecule has 0 saturated heterocycles. The smallest absolute Gasteiger partial charge is 0.153 e. The molecule has 0 aromatic heterocycles. The molecular formula is C22H25F2N3O2. The summed E-state index contributed by atoms with van der Waals surface area (Å²) in [5.41, 5.74) is 7.91. The van der Waals surface area contributed by atoms with Gasteiger partial charge in [0.25, 0.3) is 0 Å². The summed E-state index contributed by atoms with van der Waals surface area (Å²) in [6.45, 7) is 2.84. The number of benzene rings is 2. The number of halogens is 2. The van der Waals surface area contributed by atoms with E-state index in [-0.39, 0.29) is 12.0 Å². The van der Waals surface area contributed by atoms with Crippen LogP contribution in [0.4, 0.5) is 8.78 Å². The topological polar surface area (TPSA) is 76.7 Å². The Bertz CT molecular complexity index is 917. The van der Waals surface area contributed by atoms with Gasteiger partial charge in [0, 0.05) is 43.6 Å². The maximum atomic E-state index is 14.7. The van der Waals surface area contributed by atoms with Gasteiger partial charge in [-0.25, -0.2) is 8.78 Å². The highest BCUT2D eigenvalue weighted by Crippen LogP contribution is 2.27. The van der Waals surface area contributed by atoms with Gasteiger partial charge in [-0.2, -0.15) is 0 Å². The van der Waals surface area contributed by atoms with Gasteiger partial charge in [-0.05, 0) is 54.9 Å². The summed E-state index contributed by atoms with van der Waals surface area (Å²) in [6.07, 6.45) is 3.36. The molecule has 0 spiro atoms. The lowest BCUT2D eigenvalue weighted by atomic mass is 9.95. The second-order valence-electron chi connectivity index (χ2n) is 6.49. The lowest BCUT2D eigenvalue weighted by Crippen LogP contribution is -2.16. The molecule has 0 saturated carbocycles. The number of rotatable bonds is 9. The molecule has 2 rings (SSSR count). The van der Waals surface area contributed by atoms with Gasteiger partial charge < -0.3 is 15.8 Å². The summed E-state index contributed by atoms with van der Waals surface area (Å²) in [6, 6.07) is 5.78. The van der Waals surface area contributed by atoms with Crippen molar-refractivity contribution in [3.63, 3.8) is 0 Å². The van der Waals surface area contributed by atoms with Gasteiger partial charge in [-0.3, -0.25) is 9.79 Å². The largest absolute Gasteiger partial charge is 0.492 e. The number of nitrogens with one attached hydrogen (secondary N) is 1. The van der Waals surface area contributed by atoms with Crippen molar-refractivity contribution >= 4 is 18.1 Å². The van der Waals surface area contributed by atoms with E-state index in [1.54, 1.807) is 26.2 Å². The molecule has 0 fully saturated rings. The summed E-state index contributed by atoms with van der Waals surface area (Å²) in [5.74, 6) is -0.931. The minimum atomic E-state index is -0.690. The maximum absolute atomic E-state index is 14.7. The number of nitrogens with zero attached hydrogens (tertiary/aromatic N) is 1. The molecule has 0 amide bonds. The van der Waals surface area contributed by atoms with Crippen LogP contribution in [-0.2, 0) is 6.42 Å². The van der Waals surface area contributed by atoms with Crippen LogP contribution in [-0.4, -0.2) is 39.7 Å². The standard InChI is InChI=1S/C22H25F2N3O2/c1-14-6-22(29-5-4-26-2)17(13-28)7-15(14)8-19-20(23)9-16(10-21(19)24)18(11-25)12-27-3/h6-7,9-13,26H,4-5,8,25H2,1-3H3/b18-11+,27-12?. The fourth-order valence-corrected chi connectivity index (χ4v) is 2.90. The van der Waals surface area contributed by atoms with Crippen LogP contribution in [0.1, 0.15) is 32.6 Å². The third-order valence-corrected chi connectivity index (χ3v) is 4.49. The lowest BCUT2D eigenvalue weighted by molar-refractivity contribution is 0.111. The lowest BCUT2D eigenvalue weighted by Gasteiger charge is -2.14. The van der Waals surface area contributed by atoms with Crippen molar-refractivity contribution in [3.05, 3.63) is 69.9 Å². The summed E-state index contributed by atoms with van der Waals surface area (Å²) in [4.78, 5) is 15.3. The minimum Gasteiger partial charge on any atom is -0.492 e. The molecular weight excluding hydrogens is 376 g/mol. The quantitative estimate of drug-likeness (QED) is 0.384. The van der Waals surface area contributed by atoms with E-state index in [0.29, 0.717) is 47.5 Å². The zero-order valence-electron chi connectivity index (χ0n) is 16.8. The Hall–Kier alpha value is -3.06. The molecule has 0 bridgehead atoms. The van der Waals surface area contributed by atoms with Crippen molar-refractivity contribution in [2.45, 2.75) is 13.3 Å². The Morgan fingerprint density at radius 3 is 2.48 bits per heavy atom. The highest BCUT2D eigenvalue weighted by Gasteiger charge is 2.16. The molecule has 0 aliphatic heterocycles. The number of hydrogen-bond acceptors (Lipinski definition) is 5. The molecule has 5 nitrogen and oxygen atoms in total. The molecule has 0 atom stereocenters. The van der Waals surface area contributed by atoms with Gasteiger partial charge in [0.15, 0.2) is 6.29 Å². The Balaban J connectivity index is 2.37. The van der Waals surface area contributed by atoms with Crippen LogP contribution < -0.4 is 15.8 Å². The van der Waals surface area contributed by atoms with E-state index in [4.69, 9.17) is 10.5 Å². The van der Waals surface area contributed by atoms with Crippen molar-refractivity contribution < 1.29 is 18.3 Å². The molecule has 3 N–H and O–H groups in total. The fourth-order valence-electron chi connectivity index (χ4n) is 2.90. The number of aliphatic imine (C=N–C) groups is 1. The predicted octanol–water partition coefficient (Wildman–Crippen LogP) is 3.27. The predicted molar refractivity (Wildman–Crippen MR) is 112 cm³/mol. The number of ether oxygens (including phenoxy) is 1. The van der Waals surface area contributed by atoms with Crippen molar-refractivity contribution in [1.82, 2.24) is 5.32 Å². The second kappa shape index (κ2) is 10.5. The molecule has 2 aromatic carbocycles. The summed E-state index contributed by atoms with van der Waals surface area (Å²) >= 11 is 0. The summed E-state index contributed by atoms with van der Waals surface area (Å²) < 4.78 is 35.0. The van der Waals surface area contributed by atoms with Gasteiger partial charge in [0.05, 0.1) is 5.56 Å². The number of allylic oxidation sites excluding steroid dienone is 1. The molecule has 0 heterocycles. The number of nitrogens with two attached hydrogens (primary N) is 1. The highest BCUT2D eigenvalue weighted by molar-refractivity contribution is 6.09.